The molecule has 1 aromatic heterocycles. The maximum absolute atomic E-state index is 11.1. The molecule has 2 aromatic carbocycles. The van der Waals surface area contributed by atoms with Gasteiger partial charge in [0.1, 0.15) is 17.3 Å². The van der Waals surface area contributed by atoms with E-state index in [0.717, 1.165) is 10.9 Å². The average molecular weight is 401 g/mol. The van der Waals surface area contributed by atoms with Crippen molar-refractivity contribution < 1.29 is 14.6 Å². The Bertz CT molecular complexity index is 1040. The molecule has 5 nitrogen and oxygen atoms in total. The molecule has 138 valence electrons. The molecular formula is C20H17ClN2O3S. The molecule has 27 heavy (non-hydrogen) atoms. The Kier molecular flexibility index (Phi) is 5.58. The van der Waals surface area contributed by atoms with Crippen molar-refractivity contribution in [2.45, 2.75) is 0 Å². The Morgan fingerprint density at radius 3 is 2.70 bits per heavy atom. The molecule has 0 amide bonds. The van der Waals surface area contributed by atoms with Gasteiger partial charge in [0.25, 0.3) is 0 Å². The normalized spacial score (nSPS) is 10.6. The number of fused-ring (bicyclic) bond motifs is 1. The van der Waals surface area contributed by atoms with E-state index in [4.69, 9.17) is 38.6 Å². The fourth-order valence-electron chi connectivity index (χ4n) is 2.86. The molecule has 1 N–H and O–H groups in total. The third-order valence-corrected chi connectivity index (χ3v) is 4.96. The van der Waals surface area contributed by atoms with Gasteiger partial charge < -0.3 is 14.7 Å². The molecule has 0 aliphatic rings. The smallest absolute Gasteiger partial charge is 0.323 e. The van der Waals surface area contributed by atoms with E-state index in [1.165, 1.54) is 4.90 Å². The number of halogens is 1. The van der Waals surface area contributed by atoms with Crippen LogP contribution in [-0.4, -0.2) is 46.7 Å². The lowest BCUT2D eigenvalue weighted by Crippen LogP contribution is -2.31. The second kappa shape index (κ2) is 7.90. The molecule has 0 aliphatic carbocycles. The highest BCUT2D eigenvalue weighted by Gasteiger charge is 2.18. The maximum Gasteiger partial charge on any atom is 0.323 e. The van der Waals surface area contributed by atoms with Crippen LogP contribution in [0.25, 0.3) is 22.2 Å². The van der Waals surface area contributed by atoms with Gasteiger partial charge in [0.15, 0.2) is 0 Å². The van der Waals surface area contributed by atoms with Gasteiger partial charge in [0, 0.05) is 23.6 Å². The summed E-state index contributed by atoms with van der Waals surface area (Å²) < 4.78 is 5.45. The van der Waals surface area contributed by atoms with Crippen molar-refractivity contribution in [3.63, 3.8) is 0 Å². The number of carboxylic acid groups (broad SMARTS) is 1. The van der Waals surface area contributed by atoms with Gasteiger partial charge in [0.2, 0.25) is 0 Å². The first kappa shape index (κ1) is 19.1. The van der Waals surface area contributed by atoms with Crippen molar-refractivity contribution in [3.8, 4) is 17.0 Å². The third kappa shape index (κ3) is 3.86. The number of pyridine rings is 1. The summed E-state index contributed by atoms with van der Waals surface area (Å²) in [6.45, 7) is -0.201. The molecule has 1 heterocycles. The van der Waals surface area contributed by atoms with Crippen molar-refractivity contribution in [1.29, 1.82) is 0 Å². The Labute approximate surface area is 167 Å². The number of hydrogen-bond acceptors (Lipinski definition) is 4. The highest BCUT2D eigenvalue weighted by molar-refractivity contribution is 7.80. The third-order valence-electron chi connectivity index (χ3n) is 4.12. The number of ether oxygens (including phenoxy) is 1. The Hall–Kier alpha value is -2.70. The number of rotatable bonds is 5. The Balaban J connectivity index is 2.25. The summed E-state index contributed by atoms with van der Waals surface area (Å²) in [7, 11) is 3.25. The van der Waals surface area contributed by atoms with E-state index in [2.05, 4.69) is 0 Å². The number of likely N-dealkylation sites (N-methyl/N-ethyl adjacent to an activating group) is 1. The van der Waals surface area contributed by atoms with Gasteiger partial charge in [-0.15, -0.1) is 0 Å². The quantitative estimate of drug-likeness (QED) is 0.646. The monoisotopic (exact) mass is 400 g/mol. The van der Waals surface area contributed by atoms with Crippen molar-refractivity contribution in [2.75, 3.05) is 20.7 Å². The Morgan fingerprint density at radius 2 is 2.00 bits per heavy atom. The van der Waals surface area contributed by atoms with Crippen LogP contribution in [0.5, 0.6) is 5.75 Å². The lowest BCUT2D eigenvalue weighted by atomic mass is 10.0. The van der Waals surface area contributed by atoms with Crippen LogP contribution in [0.2, 0.25) is 5.02 Å². The fraction of sp³-hybridized carbons (Fsp3) is 0.150. The number of hydrogen-bond donors (Lipinski definition) is 1. The minimum Gasteiger partial charge on any atom is -0.496 e. The molecule has 0 fully saturated rings. The van der Waals surface area contributed by atoms with Crippen LogP contribution in [0, 0.1) is 0 Å². The number of benzene rings is 2. The molecule has 0 atom stereocenters. The summed E-state index contributed by atoms with van der Waals surface area (Å²) in [4.78, 5) is 17.7. The number of carboxylic acids is 1. The largest absolute Gasteiger partial charge is 0.496 e. The molecule has 7 heteroatoms. The summed E-state index contributed by atoms with van der Waals surface area (Å²) in [5.74, 6) is -0.284. The average Bonchev–Trinajstić information content (AvgIpc) is 2.66. The highest BCUT2D eigenvalue weighted by Crippen LogP contribution is 2.33. The lowest BCUT2D eigenvalue weighted by Gasteiger charge is -2.20. The highest BCUT2D eigenvalue weighted by atomic mass is 35.5. The lowest BCUT2D eigenvalue weighted by molar-refractivity contribution is -0.137. The number of aliphatic carboxylic acids is 1. The predicted octanol–water partition coefficient (Wildman–Crippen LogP) is 4.26. The van der Waals surface area contributed by atoms with Crippen LogP contribution in [0.15, 0.2) is 48.5 Å². The van der Waals surface area contributed by atoms with Gasteiger partial charge in [0.05, 0.1) is 23.3 Å². The van der Waals surface area contributed by atoms with Gasteiger partial charge in [-0.3, -0.25) is 4.79 Å². The standard InChI is InChI=1S/C20H17ClN2O3S/c1-23(11-18(24)25)20(27)14-10-16(13-6-3-4-9-17(13)26-2)22-19-12(14)7-5-8-15(19)21/h3-10H,11H2,1-2H3,(H,24,25). The molecule has 0 bridgehead atoms. The van der Waals surface area contributed by atoms with Crippen LogP contribution in [0.3, 0.4) is 0 Å². The van der Waals surface area contributed by atoms with Crippen LogP contribution < -0.4 is 4.74 Å². The zero-order valence-corrected chi connectivity index (χ0v) is 16.3. The van der Waals surface area contributed by atoms with E-state index in [1.807, 2.05) is 42.5 Å². The molecule has 0 saturated carbocycles. The van der Waals surface area contributed by atoms with Gasteiger partial charge in [-0.1, -0.05) is 48.1 Å². The first-order valence-corrected chi connectivity index (χ1v) is 8.91. The second-order valence-corrected chi connectivity index (χ2v) is 6.74. The minimum absolute atomic E-state index is 0.201. The molecule has 3 aromatic rings. The number of nitrogens with zero attached hydrogens (tertiary/aromatic N) is 2. The fourth-order valence-corrected chi connectivity index (χ4v) is 3.32. The van der Waals surface area contributed by atoms with Gasteiger partial charge in [-0.05, 0) is 24.3 Å². The summed E-state index contributed by atoms with van der Waals surface area (Å²) in [5, 5.41) is 10.3. The Morgan fingerprint density at radius 1 is 1.26 bits per heavy atom. The van der Waals surface area contributed by atoms with Crippen LogP contribution >= 0.6 is 23.8 Å². The van der Waals surface area contributed by atoms with E-state index in [9.17, 15) is 4.79 Å². The number of para-hydroxylation sites is 2. The zero-order chi connectivity index (χ0) is 19.6. The summed E-state index contributed by atoms with van der Waals surface area (Å²) in [5.41, 5.74) is 2.74. The van der Waals surface area contributed by atoms with Crippen molar-refractivity contribution >= 4 is 45.7 Å². The summed E-state index contributed by atoms with van der Waals surface area (Å²) in [6, 6.07) is 14.8. The van der Waals surface area contributed by atoms with Crippen LogP contribution in [0.4, 0.5) is 0 Å². The number of methoxy groups -OCH3 is 1. The number of aromatic nitrogens is 1. The van der Waals surface area contributed by atoms with E-state index in [1.54, 1.807) is 20.2 Å². The predicted molar refractivity (Wildman–Crippen MR) is 111 cm³/mol. The van der Waals surface area contributed by atoms with Gasteiger partial charge in [-0.25, -0.2) is 4.98 Å². The van der Waals surface area contributed by atoms with Gasteiger partial charge in [-0.2, -0.15) is 0 Å². The van der Waals surface area contributed by atoms with Crippen molar-refractivity contribution in [2.24, 2.45) is 0 Å². The number of carbonyl (C=O) groups is 1. The zero-order valence-electron chi connectivity index (χ0n) is 14.8. The molecule has 0 spiro atoms. The maximum atomic E-state index is 11.1. The molecule has 0 radical (unpaired) electrons. The summed E-state index contributed by atoms with van der Waals surface area (Å²) in [6.07, 6.45) is 0. The van der Waals surface area contributed by atoms with E-state index >= 15 is 0 Å². The van der Waals surface area contributed by atoms with Crippen LogP contribution in [-0.2, 0) is 4.79 Å². The molecule has 0 aliphatic heterocycles. The van der Waals surface area contributed by atoms with E-state index < -0.39 is 5.97 Å². The molecule has 3 rings (SSSR count). The molecule has 0 unspecified atom stereocenters. The molecular weight excluding hydrogens is 384 g/mol. The van der Waals surface area contributed by atoms with Gasteiger partial charge >= 0.3 is 5.97 Å². The van der Waals surface area contributed by atoms with Crippen molar-refractivity contribution in [1.82, 2.24) is 9.88 Å². The first-order valence-electron chi connectivity index (χ1n) is 8.12. The minimum atomic E-state index is -0.957. The van der Waals surface area contributed by atoms with E-state index in [-0.39, 0.29) is 6.54 Å². The van der Waals surface area contributed by atoms with Crippen molar-refractivity contribution in [3.05, 3.63) is 59.1 Å². The SMILES string of the molecule is COc1ccccc1-c1cc(C(=S)N(C)CC(=O)O)c2cccc(Cl)c2n1. The van der Waals surface area contributed by atoms with Crippen LogP contribution in [0.1, 0.15) is 5.56 Å². The topological polar surface area (TPSA) is 62.7 Å². The molecule has 0 saturated heterocycles. The van der Waals surface area contributed by atoms with E-state index in [0.29, 0.717) is 32.5 Å². The second-order valence-electron chi connectivity index (χ2n) is 5.95. The summed E-state index contributed by atoms with van der Waals surface area (Å²) >= 11 is 11.9. The number of thiocarbonyl (C=S) groups is 1. The first-order chi connectivity index (χ1) is 12.9.